The van der Waals surface area contributed by atoms with Gasteiger partial charge in [0.25, 0.3) is 0 Å². The number of carbonyl (C=O) groups excluding carboxylic acids is 2. The van der Waals surface area contributed by atoms with Crippen LogP contribution in [0.2, 0.25) is 0 Å². The number of hydrogen-bond acceptors (Lipinski definition) is 3. The summed E-state index contributed by atoms with van der Waals surface area (Å²) in [6.07, 6.45) is 1.64. The number of likely N-dealkylation sites (tertiary alicyclic amines) is 1. The predicted octanol–water partition coefficient (Wildman–Crippen LogP) is 1.44. The summed E-state index contributed by atoms with van der Waals surface area (Å²) in [5.41, 5.74) is 0. The molecule has 0 aromatic heterocycles. The fourth-order valence-electron chi connectivity index (χ4n) is 2.34. The molecule has 92 valence electrons. The minimum absolute atomic E-state index is 0.0730. The zero-order valence-corrected chi connectivity index (χ0v) is 10.4. The summed E-state index contributed by atoms with van der Waals surface area (Å²) >= 11 is 0. The van der Waals surface area contributed by atoms with Gasteiger partial charge in [0.15, 0.2) is 0 Å². The molecule has 0 spiro atoms. The number of ether oxygens (including phenoxy) is 1. The Morgan fingerprint density at radius 1 is 1.19 bits per heavy atom. The topological polar surface area (TPSA) is 46.6 Å². The van der Waals surface area contributed by atoms with Crippen LogP contribution in [-0.2, 0) is 14.3 Å². The van der Waals surface area contributed by atoms with E-state index in [1.54, 1.807) is 0 Å². The first-order valence-corrected chi connectivity index (χ1v) is 5.87. The van der Waals surface area contributed by atoms with Crippen molar-refractivity contribution < 1.29 is 14.3 Å². The zero-order chi connectivity index (χ0) is 12.1. The van der Waals surface area contributed by atoms with Crippen LogP contribution in [0.25, 0.3) is 0 Å². The van der Waals surface area contributed by atoms with Crippen LogP contribution in [0.4, 0.5) is 0 Å². The summed E-state index contributed by atoms with van der Waals surface area (Å²) in [7, 11) is 1.35. The van der Waals surface area contributed by atoms with E-state index >= 15 is 0 Å². The van der Waals surface area contributed by atoms with Gasteiger partial charge in [0, 0.05) is 19.5 Å². The normalized spacial score (nSPS) is 25.3. The van der Waals surface area contributed by atoms with Gasteiger partial charge >= 0.3 is 5.97 Å². The molecular formula is C12H21NO3. The Hall–Kier alpha value is -1.06. The molecule has 1 fully saturated rings. The number of rotatable bonds is 3. The highest BCUT2D eigenvalue weighted by molar-refractivity contribution is 5.81. The quantitative estimate of drug-likeness (QED) is 0.685. The molecule has 1 heterocycles. The summed E-state index contributed by atoms with van der Waals surface area (Å²) < 4.78 is 4.52. The number of hydrogen-bond donors (Lipinski definition) is 0. The second-order valence-corrected chi connectivity index (χ2v) is 4.82. The number of amides is 1. The van der Waals surface area contributed by atoms with E-state index in [1.807, 2.05) is 4.90 Å². The average molecular weight is 227 g/mol. The van der Waals surface area contributed by atoms with E-state index in [9.17, 15) is 9.59 Å². The van der Waals surface area contributed by atoms with Gasteiger partial charge in [0.2, 0.25) is 5.91 Å². The molecule has 1 amide bonds. The van der Waals surface area contributed by atoms with Crippen LogP contribution in [0.15, 0.2) is 0 Å². The Morgan fingerprint density at radius 3 is 2.25 bits per heavy atom. The molecule has 1 rings (SSSR count). The summed E-state index contributed by atoms with van der Waals surface area (Å²) in [5.74, 6) is 0.881. The van der Waals surface area contributed by atoms with E-state index in [1.165, 1.54) is 13.5 Å². The second kappa shape index (κ2) is 5.87. The first-order valence-electron chi connectivity index (χ1n) is 5.87. The molecule has 0 unspecified atom stereocenters. The first kappa shape index (κ1) is 13.0. The molecule has 0 radical (unpaired) electrons. The van der Waals surface area contributed by atoms with Crippen molar-refractivity contribution >= 4 is 11.9 Å². The molecule has 1 aliphatic rings. The van der Waals surface area contributed by atoms with Gasteiger partial charge < -0.3 is 9.64 Å². The standard InChI is InChI=1S/C12H21NO3/c1-9-6-10(2)8-13(7-9)11(14)4-5-12(15)16-3/h9-10H,4-8H2,1-3H3/t9-,10-/m0/s1. The molecule has 2 atom stereocenters. The average Bonchev–Trinajstić information content (AvgIpc) is 2.23. The lowest BCUT2D eigenvalue weighted by atomic mass is 9.91. The van der Waals surface area contributed by atoms with Crippen molar-refractivity contribution in [2.45, 2.75) is 33.1 Å². The zero-order valence-electron chi connectivity index (χ0n) is 10.4. The number of piperidine rings is 1. The van der Waals surface area contributed by atoms with Crippen molar-refractivity contribution in [3.05, 3.63) is 0 Å². The second-order valence-electron chi connectivity index (χ2n) is 4.82. The first-order chi connectivity index (χ1) is 7.52. The lowest BCUT2D eigenvalue weighted by Crippen LogP contribution is -2.42. The molecular weight excluding hydrogens is 206 g/mol. The highest BCUT2D eigenvalue weighted by Gasteiger charge is 2.25. The Bertz CT molecular complexity index is 255. The van der Waals surface area contributed by atoms with E-state index in [2.05, 4.69) is 18.6 Å². The van der Waals surface area contributed by atoms with Crippen LogP contribution in [0.1, 0.15) is 33.1 Å². The van der Waals surface area contributed by atoms with Gasteiger partial charge in [-0.25, -0.2) is 0 Å². The van der Waals surface area contributed by atoms with Crippen LogP contribution in [0, 0.1) is 11.8 Å². The van der Waals surface area contributed by atoms with E-state index in [0.29, 0.717) is 11.8 Å². The summed E-state index contributed by atoms with van der Waals surface area (Å²) in [4.78, 5) is 24.6. The minimum atomic E-state index is -0.313. The van der Waals surface area contributed by atoms with Crippen LogP contribution < -0.4 is 0 Å². The molecule has 4 heteroatoms. The van der Waals surface area contributed by atoms with E-state index in [0.717, 1.165) is 13.1 Å². The van der Waals surface area contributed by atoms with E-state index < -0.39 is 0 Å². The van der Waals surface area contributed by atoms with Crippen LogP contribution in [-0.4, -0.2) is 37.0 Å². The maximum atomic E-state index is 11.8. The molecule has 1 aliphatic heterocycles. The van der Waals surface area contributed by atoms with Gasteiger partial charge in [-0.1, -0.05) is 13.8 Å². The van der Waals surface area contributed by atoms with Crippen molar-refractivity contribution in [3.63, 3.8) is 0 Å². The van der Waals surface area contributed by atoms with Crippen LogP contribution in [0.3, 0.4) is 0 Å². The van der Waals surface area contributed by atoms with Gasteiger partial charge in [-0.05, 0) is 18.3 Å². The SMILES string of the molecule is COC(=O)CCC(=O)N1C[C@@H](C)C[C@H](C)C1. The summed E-state index contributed by atoms with van der Waals surface area (Å²) in [6, 6.07) is 0. The van der Waals surface area contributed by atoms with E-state index in [4.69, 9.17) is 0 Å². The predicted molar refractivity (Wildman–Crippen MR) is 60.8 cm³/mol. The van der Waals surface area contributed by atoms with Gasteiger partial charge in [0.05, 0.1) is 13.5 Å². The van der Waals surface area contributed by atoms with Crippen LogP contribution >= 0.6 is 0 Å². The van der Waals surface area contributed by atoms with Crippen molar-refractivity contribution in [2.24, 2.45) is 11.8 Å². The van der Waals surface area contributed by atoms with Crippen molar-refractivity contribution in [3.8, 4) is 0 Å². The molecule has 1 saturated heterocycles. The van der Waals surface area contributed by atoms with Crippen molar-refractivity contribution in [1.82, 2.24) is 4.90 Å². The molecule has 0 N–H and O–H groups in total. The smallest absolute Gasteiger partial charge is 0.306 e. The van der Waals surface area contributed by atoms with Gasteiger partial charge in [0.1, 0.15) is 0 Å². The Balaban J connectivity index is 2.38. The maximum Gasteiger partial charge on any atom is 0.306 e. The number of esters is 1. The number of carbonyl (C=O) groups is 2. The monoisotopic (exact) mass is 227 g/mol. The van der Waals surface area contributed by atoms with Gasteiger partial charge in [-0.3, -0.25) is 9.59 Å². The molecule has 0 aromatic rings. The van der Waals surface area contributed by atoms with Crippen LogP contribution in [0.5, 0.6) is 0 Å². The van der Waals surface area contributed by atoms with Gasteiger partial charge in [-0.15, -0.1) is 0 Å². The Morgan fingerprint density at radius 2 is 1.75 bits per heavy atom. The van der Waals surface area contributed by atoms with Gasteiger partial charge in [-0.2, -0.15) is 0 Å². The fourth-order valence-corrected chi connectivity index (χ4v) is 2.34. The highest BCUT2D eigenvalue weighted by Crippen LogP contribution is 2.21. The maximum absolute atomic E-state index is 11.8. The molecule has 16 heavy (non-hydrogen) atoms. The third kappa shape index (κ3) is 3.83. The number of methoxy groups -OCH3 is 1. The fraction of sp³-hybridized carbons (Fsp3) is 0.833. The molecule has 0 bridgehead atoms. The number of nitrogens with zero attached hydrogens (tertiary/aromatic N) is 1. The molecule has 0 aromatic carbocycles. The largest absolute Gasteiger partial charge is 0.469 e. The molecule has 0 saturated carbocycles. The third-order valence-electron chi connectivity index (χ3n) is 2.99. The summed E-state index contributed by atoms with van der Waals surface area (Å²) in [6.45, 7) is 5.97. The van der Waals surface area contributed by atoms with Crippen molar-refractivity contribution in [1.29, 1.82) is 0 Å². The minimum Gasteiger partial charge on any atom is -0.469 e. The van der Waals surface area contributed by atoms with Crippen molar-refractivity contribution in [2.75, 3.05) is 20.2 Å². The Labute approximate surface area is 96.9 Å². The Kier molecular flexibility index (Phi) is 4.77. The lowest BCUT2D eigenvalue weighted by molar-refractivity contribution is -0.144. The van der Waals surface area contributed by atoms with E-state index in [-0.39, 0.29) is 24.7 Å². The highest BCUT2D eigenvalue weighted by atomic mass is 16.5. The molecule has 4 nitrogen and oxygen atoms in total. The summed E-state index contributed by atoms with van der Waals surface area (Å²) in [5, 5.41) is 0. The lowest BCUT2D eigenvalue weighted by Gasteiger charge is -2.35. The third-order valence-corrected chi connectivity index (χ3v) is 2.99. The molecule has 0 aliphatic carbocycles.